The maximum Gasteiger partial charge on any atom is 0.125 e. The Morgan fingerprint density at radius 2 is 1.62 bits per heavy atom. The molecule has 0 aliphatic rings. The van der Waals surface area contributed by atoms with E-state index in [4.69, 9.17) is 0 Å². The van der Waals surface area contributed by atoms with Crippen molar-refractivity contribution in [2.45, 2.75) is 0 Å². The second kappa shape index (κ2) is 7.42. The molecule has 3 nitrogen and oxygen atoms in total. The van der Waals surface area contributed by atoms with Gasteiger partial charge in [0.2, 0.25) is 0 Å². The summed E-state index contributed by atoms with van der Waals surface area (Å²) in [6.45, 7) is 0. The minimum atomic E-state index is -0.241. The summed E-state index contributed by atoms with van der Waals surface area (Å²) in [6.07, 6.45) is 1.76. The summed E-state index contributed by atoms with van der Waals surface area (Å²) in [4.78, 5) is 1.94. The van der Waals surface area contributed by atoms with Crippen molar-refractivity contribution in [2.75, 3.05) is 17.4 Å². The lowest BCUT2D eigenvalue weighted by atomic mass is 10.2. The zero-order valence-corrected chi connectivity index (χ0v) is 13.4. The van der Waals surface area contributed by atoms with Gasteiger partial charge in [0.05, 0.1) is 11.9 Å². The number of hydrazone groups is 1. The van der Waals surface area contributed by atoms with Crippen molar-refractivity contribution in [3.63, 3.8) is 0 Å². The van der Waals surface area contributed by atoms with Crippen molar-refractivity contribution < 1.29 is 4.39 Å². The zero-order chi connectivity index (χ0) is 16.8. The molecule has 0 atom stereocenters. The molecular formula is C20H18FN3. The average molecular weight is 319 g/mol. The van der Waals surface area contributed by atoms with Gasteiger partial charge in [-0.1, -0.05) is 36.4 Å². The van der Waals surface area contributed by atoms with Crippen molar-refractivity contribution in [3.05, 3.63) is 90.2 Å². The molecule has 1 N–H and O–H groups in total. The summed E-state index contributed by atoms with van der Waals surface area (Å²) in [5.74, 6) is -0.241. The van der Waals surface area contributed by atoms with Crippen molar-refractivity contribution in [1.29, 1.82) is 0 Å². The van der Waals surface area contributed by atoms with E-state index in [2.05, 4.69) is 10.5 Å². The summed E-state index contributed by atoms with van der Waals surface area (Å²) < 4.78 is 13.3. The predicted octanol–water partition coefficient (Wildman–Crippen LogP) is 5.04. The maximum absolute atomic E-state index is 13.3. The van der Waals surface area contributed by atoms with E-state index in [0.29, 0.717) is 0 Å². The molecule has 3 rings (SSSR count). The van der Waals surface area contributed by atoms with E-state index >= 15 is 0 Å². The van der Waals surface area contributed by atoms with Crippen LogP contribution in [0.2, 0.25) is 0 Å². The predicted molar refractivity (Wildman–Crippen MR) is 98.6 cm³/mol. The van der Waals surface area contributed by atoms with Crippen LogP contribution < -0.4 is 10.3 Å². The molecule has 0 fully saturated rings. The molecule has 0 saturated heterocycles. The third kappa shape index (κ3) is 3.98. The van der Waals surface area contributed by atoms with Gasteiger partial charge in [-0.05, 0) is 48.0 Å². The van der Waals surface area contributed by atoms with Crippen LogP contribution in [-0.2, 0) is 0 Å². The lowest BCUT2D eigenvalue weighted by molar-refractivity contribution is 0.628. The Kier molecular flexibility index (Phi) is 4.87. The fraction of sp³-hybridized carbons (Fsp3) is 0.0500. The molecule has 0 aromatic heterocycles. The molecule has 0 aliphatic carbocycles. The molecule has 3 aromatic rings. The van der Waals surface area contributed by atoms with Gasteiger partial charge in [-0.25, -0.2) is 4.39 Å². The quantitative estimate of drug-likeness (QED) is 0.527. The standard InChI is InChI=1S/C20H18FN3/c1-24(20-9-5-6-17(21)14-20)19-12-10-16(11-13-19)15-22-23-18-7-3-2-4-8-18/h2-15,23H,1H3. The van der Waals surface area contributed by atoms with Crippen LogP contribution in [0.1, 0.15) is 5.56 Å². The molecular weight excluding hydrogens is 301 g/mol. The maximum atomic E-state index is 13.3. The Bertz CT molecular complexity index is 814. The van der Waals surface area contributed by atoms with E-state index in [1.165, 1.54) is 12.1 Å². The van der Waals surface area contributed by atoms with Crippen LogP contribution in [0.3, 0.4) is 0 Å². The van der Waals surface area contributed by atoms with E-state index in [1.807, 2.05) is 72.6 Å². The topological polar surface area (TPSA) is 27.6 Å². The first kappa shape index (κ1) is 15.7. The van der Waals surface area contributed by atoms with Gasteiger partial charge in [0.1, 0.15) is 5.82 Å². The van der Waals surface area contributed by atoms with Crippen LogP contribution in [0.15, 0.2) is 84.0 Å². The van der Waals surface area contributed by atoms with Gasteiger partial charge in [0.25, 0.3) is 0 Å². The van der Waals surface area contributed by atoms with Crippen molar-refractivity contribution in [2.24, 2.45) is 5.10 Å². The van der Waals surface area contributed by atoms with Gasteiger partial charge in [0, 0.05) is 18.4 Å². The first-order chi connectivity index (χ1) is 11.7. The molecule has 3 aromatic carbocycles. The Morgan fingerprint density at radius 3 is 2.33 bits per heavy atom. The molecule has 0 radical (unpaired) electrons. The van der Waals surface area contributed by atoms with Gasteiger partial charge in [0.15, 0.2) is 0 Å². The number of hydrogen-bond donors (Lipinski definition) is 1. The van der Waals surface area contributed by atoms with Crippen LogP contribution in [-0.4, -0.2) is 13.3 Å². The average Bonchev–Trinajstić information content (AvgIpc) is 2.63. The highest BCUT2D eigenvalue weighted by atomic mass is 19.1. The molecule has 0 unspecified atom stereocenters. The zero-order valence-electron chi connectivity index (χ0n) is 13.4. The Morgan fingerprint density at radius 1 is 0.875 bits per heavy atom. The molecule has 0 spiro atoms. The second-order valence-electron chi connectivity index (χ2n) is 5.37. The molecule has 0 aliphatic heterocycles. The smallest absolute Gasteiger partial charge is 0.125 e. The minimum Gasteiger partial charge on any atom is -0.345 e. The highest BCUT2D eigenvalue weighted by molar-refractivity contribution is 5.81. The summed E-state index contributed by atoms with van der Waals surface area (Å²) in [6, 6.07) is 24.2. The second-order valence-corrected chi connectivity index (χ2v) is 5.37. The van der Waals surface area contributed by atoms with Crippen LogP contribution in [0.4, 0.5) is 21.5 Å². The van der Waals surface area contributed by atoms with E-state index in [0.717, 1.165) is 22.6 Å². The van der Waals surface area contributed by atoms with Gasteiger partial charge in [-0.2, -0.15) is 5.10 Å². The van der Waals surface area contributed by atoms with Crippen LogP contribution in [0.5, 0.6) is 0 Å². The van der Waals surface area contributed by atoms with Crippen LogP contribution >= 0.6 is 0 Å². The molecule has 24 heavy (non-hydrogen) atoms. The minimum absolute atomic E-state index is 0.241. The van der Waals surface area contributed by atoms with Crippen LogP contribution in [0.25, 0.3) is 0 Å². The fourth-order valence-electron chi connectivity index (χ4n) is 2.31. The number of hydrogen-bond acceptors (Lipinski definition) is 3. The summed E-state index contributed by atoms with van der Waals surface area (Å²) in [7, 11) is 1.91. The number of nitrogens with one attached hydrogen (secondary N) is 1. The van der Waals surface area contributed by atoms with E-state index < -0.39 is 0 Å². The summed E-state index contributed by atoms with van der Waals surface area (Å²) in [5, 5.41) is 4.22. The highest BCUT2D eigenvalue weighted by Gasteiger charge is 2.04. The van der Waals surface area contributed by atoms with Crippen molar-refractivity contribution in [3.8, 4) is 0 Å². The Balaban J connectivity index is 1.67. The molecule has 4 heteroatoms. The number of anilines is 3. The van der Waals surface area contributed by atoms with Gasteiger partial charge < -0.3 is 4.90 Å². The number of rotatable bonds is 5. The van der Waals surface area contributed by atoms with Crippen LogP contribution in [0, 0.1) is 5.82 Å². The Labute approximate surface area is 141 Å². The molecule has 0 heterocycles. The number of nitrogens with zero attached hydrogens (tertiary/aromatic N) is 2. The first-order valence-corrected chi connectivity index (χ1v) is 7.66. The highest BCUT2D eigenvalue weighted by Crippen LogP contribution is 2.24. The molecule has 120 valence electrons. The monoisotopic (exact) mass is 319 g/mol. The van der Waals surface area contributed by atoms with Gasteiger partial charge >= 0.3 is 0 Å². The lowest BCUT2D eigenvalue weighted by Crippen LogP contribution is -2.09. The third-order valence-electron chi connectivity index (χ3n) is 3.66. The van der Waals surface area contributed by atoms with E-state index in [1.54, 1.807) is 12.3 Å². The number of halogens is 1. The molecule has 0 bridgehead atoms. The Hall–Kier alpha value is -3.14. The fourth-order valence-corrected chi connectivity index (χ4v) is 2.31. The lowest BCUT2D eigenvalue weighted by Gasteiger charge is -2.19. The largest absolute Gasteiger partial charge is 0.345 e. The van der Waals surface area contributed by atoms with E-state index in [9.17, 15) is 4.39 Å². The third-order valence-corrected chi connectivity index (χ3v) is 3.66. The van der Waals surface area contributed by atoms with Crippen molar-refractivity contribution >= 4 is 23.3 Å². The SMILES string of the molecule is CN(c1ccc(C=NNc2ccccc2)cc1)c1cccc(F)c1. The van der Waals surface area contributed by atoms with Gasteiger partial charge in [-0.15, -0.1) is 0 Å². The molecule has 0 saturated carbocycles. The van der Waals surface area contributed by atoms with Crippen molar-refractivity contribution in [1.82, 2.24) is 0 Å². The summed E-state index contributed by atoms with van der Waals surface area (Å²) in [5.41, 5.74) is 6.69. The van der Waals surface area contributed by atoms with Gasteiger partial charge in [-0.3, -0.25) is 5.43 Å². The first-order valence-electron chi connectivity index (χ1n) is 7.66. The molecule has 0 amide bonds. The van der Waals surface area contributed by atoms with E-state index in [-0.39, 0.29) is 5.82 Å². The normalized spacial score (nSPS) is 10.8. The summed E-state index contributed by atoms with van der Waals surface area (Å²) >= 11 is 0. The number of para-hydroxylation sites is 1. The number of benzene rings is 3.